The standard InChI is InChI=1S/C13H12N4O4/c1-20-11-5-2-8(17(18)19)6-12(11)21-9-3-4-10(13(14)15)16-7-9/h2-7H,1H3,(H3,14,15). The summed E-state index contributed by atoms with van der Waals surface area (Å²) >= 11 is 0. The van der Waals surface area contributed by atoms with Crippen LogP contribution in [0.15, 0.2) is 36.5 Å². The molecule has 2 aromatic rings. The number of nitro benzene ring substituents is 1. The molecule has 0 atom stereocenters. The molecule has 1 heterocycles. The Morgan fingerprint density at radius 1 is 1.33 bits per heavy atom. The van der Waals surface area contributed by atoms with Crippen LogP contribution in [0.4, 0.5) is 5.69 Å². The van der Waals surface area contributed by atoms with E-state index in [0.29, 0.717) is 17.2 Å². The van der Waals surface area contributed by atoms with Gasteiger partial charge in [-0.1, -0.05) is 0 Å². The molecule has 0 saturated heterocycles. The maximum Gasteiger partial charge on any atom is 0.273 e. The third-order valence-electron chi connectivity index (χ3n) is 2.60. The number of methoxy groups -OCH3 is 1. The van der Waals surface area contributed by atoms with Crippen LogP contribution in [0.5, 0.6) is 17.2 Å². The SMILES string of the molecule is COc1ccc([N+](=O)[O-])cc1Oc1ccc(C(=N)N)nc1. The van der Waals surface area contributed by atoms with E-state index < -0.39 is 4.92 Å². The van der Waals surface area contributed by atoms with Gasteiger partial charge < -0.3 is 15.2 Å². The number of amidine groups is 1. The van der Waals surface area contributed by atoms with Gasteiger partial charge in [-0.05, 0) is 18.2 Å². The molecule has 1 aromatic carbocycles. The molecule has 0 amide bonds. The number of ether oxygens (including phenoxy) is 2. The lowest BCUT2D eigenvalue weighted by atomic mass is 10.2. The van der Waals surface area contributed by atoms with Crippen molar-refractivity contribution in [3.8, 4) is 17.2 Å². The molecular formula is C13H12N4O4. The lowest BCUT2D eigenvalue weighted by Gasteiger charge is -2.10. The van der Waals surface area contributed by atoms with Crippen LogP contribution in [0, 0.1) is 15.5 Å². The predicted molar refractivity (Wildman–Crippen MR) is 75.0 cm³/mol. The van der Waals surface area contributed by atoms with Crippen molar-refractivity contribution in [2.24, 2.45) is 5.73 Å². The van der Waals surface area contributed by atoms with E-state index in [1.807, 2.05) is 0 Å². The molecule has 1 aromatic heterocycles. The summed E-state index contributed by atoms with van der Waals surface area (Å²) in [6.45, 7) is 0. The Morgan fingerprint density at radius 3 is 2.62 bits per heavy atom. The Kier molecular flexibility index (Phi) is 3.98. The number of hydrogen-bond acceptors (Lipinski definition) is 6. The molecule has 0 bridgehead atoms. The van der Waals surface area contributed by atoms with Crippen molar-refractivity contribution in [3.63, 3.8) is 0 Å². The van der Waals surface area contributed by atoms with E-state index in [-0.39, 0.29) is 17.3 Å². The maximum atomic E-state index is 10.8. The van der Waals surface area contributed by atoms with E-state index in [1.54, 1.807) is 6.07 Å². The van der Waals surface area contributed by atoms with Crippen molar-refractivity contribution in [1.29, 1.82) is 5.41 Å². The van der Waals surface area contributed by atoms with E-state index in [9.17, 15) is 10.1 Å². The smallest absolute Gasteiger partial charge is 0.273 e. The lowest BCUT2D eigenvalue weighted by Crippen LogP contribution is -2.12. The van der Waals surface area contributed by atoms with Gasteiger partial charge in [0.2, 0.25) is 0 Å². The highest BCUT2D eigenvalue weighted by Crippen LogP contribution is 2.34. The number of nitrogens with zero attached hydrogens (tertiary/aromatic N) is 2. The molecule has 0 fully saturated rings. The average molecular weight is 288 g/mol. The number of nitrogens with one attached hydrogen (secondary N) is 1. The molecule has 8 heteroatoms. The van der Waals surface area contributed by atoms with Gasteiger partial charge in [0, 0.05) is 6.07 Å². The highest BCUT2D eigenvalue weighted by atomic mass is 16.6. The average Bonchev–Trinajstić information content (AvgIpc) is 2.47. The topological polar surface area (TPSA) is 124 Å². The number of non-ortho nitro benzene ring substituents is 1. The zero-order valence-corrected chi connectivity index (χ0v) is 11.1. The van der Waals surface area contributed by atoms with Crippen molar-refractivity contribution in [1.82, 2.24) is 4.98 Å². The van der Waals surface area contributed by atoms with E-state index in [2.05, 4.69) is 4.98 Å². The normalized spacial score (nSPS) is 9.95. The third-order valence-corrected chi connectivity index (χ3v) is 2.60. The fraction of sp³-hybridized carbons (Fsp3) is 0.0769. The summed E-state index contributed by atoms with van der Waals surface area (Å²) in [7, 11) is 1.44. The summed E-state index contributed by atoms with van der Waals surface area (Å²) in [5, 5.41) is 18.0. The summed E-state index contributed by atoms with van der Waals surface area (Å²) < 4.78 is 10.6. The summed E-state index contributed by atoms with van der Waals surface area (Å²) in [5.41, 5.74) is 5.50. The Labute approximate surface area is 119 Å². The van der Waals surface area contributed by atoms with E-state index in [0.717, 1.165) is 0 Å². The zero-order valence-electron chi connectivity index (χ0n) is 11.1. The maximum absolute atomic E-state index is 10.8. The van der Waals surface area contributed by atoms with Gasteiger partial charge in [-0.15, -0.1) is 0 Å². The number of rotatable bonds is 5. The number of nitro groups is 1. The molecule has 0 aliphatic heterocycles. The first-order valence-electron chi connectivity index (χ1n) is 5.82. The number of nitrogen functional groups attached to an aromatic ring is 1. The number of benzene rings is 1. The fourth-order valence-electron chi connectivity index (χ4n) is 1.59. The minimum Gasteiger partial charge on any atom is -0.493 e. The molecule has 108 valence electrons. The van der Waals surface area contributed by atoms with Gasteiger partial charge in [-0.3, -0.25) is 15.5 Å². The molecule has 21 heavy (non-hydrogen) atoms. The second-order valence-corrected chi connectivity index (χ2v) is 3.99. The monoisotopic (exact) mass is 288 g/mol. The van der Waals surface area contributed by atoms with Crippen molar-refractivity contribution in [2.75, 3.05) is 7.11 Å². The Balaban J connectivity index is 2.31. The molecule has 0 aliphatic rings. The van der Waals surface area contributed by atoms with Gasteiger partial charge in [-0.2, -0.15) is 0 Å². The van der Waals surface area contributed by atoms with Gasteiger partial charge in [0.25, 0.3) is 5.69 Å². The van der Waals surface area contributed by atoms with Crippen LogP contribution in [0.1, 0.15) is 5.69 Å². The number of nitrogens with two attached hydrogens (primary N) is 1. The predicted octanol–water partition coefficient (Wildman–Crippen LogP) is 2.07. The van der Waals surface area contributed by atoms with E-state index in [4.69, 9.17) is 20.6 Å². The quantitative estimate of drug-likeness (QED) is 0.375. The van der Waals surface area contributed by atoms with Crippen LogP contribution in [0.2, 0.25) is 0 Å². The summed E-state index contributed by atoms with van der Waals surface area (Å²) in [5.74, 6) is 0.744. The van der Waals surface area contributed by atoms with Crippen molar-refractivity contribution >= 4 is 11.5 Å². The lowest BCUT2D eigenvalue weighted by molar-refractivity contribution is -0.384. The first-order chi connectivity index (χ1) is 10.0. The zero-order chi connectivity index (χ0) is 15.4. The van der Waals surface area contributed by atoms with Gasteiger partial charge in [0.15, 0.2) is 11.5 Å². The number of hydrogen-bond donors (Lipinski definition) is 2. The molecule has 0 radical (unpaired) electrons. The van der Waals surface area contributed by atoms with Crippen LogP contribution in [0.25, 0.3) is 0 Å². The molecule has 0 spiro atoms. The largest absolute Gasteiger partial charge is 0.493 e. The third kappa shape index (κ3) is 3.24. The summed E-state index contributed by atoms with van der Waals surface area (Å²) in [6, 6.07) is 7.11. The Bertz CT molecular complexity index is 685. The fourth-order valence-corrected chi connectivity index (χ4v) is 1.59. The van der Waals surface area contributed by atoms with E-state index >= 15 is 0 Å². The second kappa shape index (κ2) is 5.87. The van der Waals surface area contributed by atoms with Gasteiger partial charge in [-0.25, -0.2) is 4.98 Å². The molecular weight excluding hydrogens is 276 g/mol. The molecule has 8 nitrogen and oxygen atoms in total. The molecule has 3 N–H and O–H groups in total. The van der Waals surface area contributed by atoms with Gasteiger partial charge in [0.05, 0.1) is 24.3 Å². The number of aromatic nitrogens is 1. The van der Waals surface area contributed by atoms with E-state index in [1.165, 1.54) is 37.6 Å². The number of pyridine rings is 1. The highest BCUT2D eigenvalue weighted by molar-refractivity contribution is 5.92. The Hall–Kier alpha value is -3.16. The Morgan fingerprint density at radius 2 is 2.10 bits per heavy atom. The van der Waals surface area contributed by atoms with Crippen molar-refractivity contribution in [3.05, 3.63) is 52.3 Å². The molecule has 0 unspecified atom stereocenters. The van der Waals surface area contributed by atoms with Crippen LogP contribution < -0.4 is 15.2 Å². The van der Waals surface area contributed by atoms with Crippen molar-refractivity contribution in [2.45, 2.75) is 0 Å². The highest BCUT2D eigenvalue weighted by Gasteiger charge is 2.13. The van der Waals surface area contributed by atoms with Gasteiger partial charge in [0.1, 0.15) is 17.3 Å². The minimum absolute atomic E-state index is 0.112. The van der Waals surface area contributed by atoms with Crippen LogP contribution in [-0.2, 0) is 0 Å². The van der Waals surface area contributed by atoms with Crippen LogP contribution >= 0.6 is 0 Å². The first-order valence-corrected chi connectivity index (χ1v) is 5.82. The molecule has 0 saturated carbocycles. The molecule has 2 rings (SSSR count). The first kappa shape index (κ1) is 14.3. The van der Waals surface area contributed by atoms with Crippen LogP contribution in [-0.4, -0.2) is 22.9 Å². The second-order valence-electron chi connectivity index (χ2n) is 3.99. The van der Waals surface area contributed by atoms with Gasteiger partial charge >= 0.3 is 0 Å². The summed E-state index contributed by atoms with van der Waals surface area (Å²) in [6.07, 6.45) is 1.37. The van der Waals surface area contributed by atoms with Crippen molar-refractivity contribution < 1.29 is 14.4 Å². The minimum atomic E-state index is -0.524. The van der Waals surface area contributed by atoms with Crippen LogP contribution in [0.3, 0.4) is 0 Å². The summed E-state index contributed by atoms with van der Waals surface area (Å²) in [4.78, 5) is 14.2. The molecule has 0 aliphatic carbocycles.